The molecule has 1 heterocycles. The van der Waals surface area contributed by atoms with E-state index >= 15 is 0 Å². The lowest BCUT2D eigenvalue weighted by Gasteiger charge is -2.00. The van der Waals surface area contributed by atoms with Crippen LogP contribution < -0.4 is 0 Å². The van der Waals surface area contributed by atoms with Crippen molar-refractivity contribution < 1.29 is 8.42 Å². The second kappa shape index (κ2) is 4.03. The highest BCUT2D eigenvalue weighted by Crippen LogP contribution is 2.22. The summed E-state index contributed by atoms with van der Waals surface area (Å²) in [5.41, 5.74) is 1.65. The molecule has 1 aromatic carbocycles. The highest BCUT2D eigenvalue weighted by molar-refractivity contribution is 7.90. The first-order valence-electron chi connectivity index (χ1n) is 4.77. The van der Waals surface area contributed by atoms with Crippen LogP contribution in [0.15, 0.2) is 35.4 Å². The molecule has 0 atom stereocenters. The predicted molar refractivity (Wildman–Crippen MR) is 61.8 cm³/mol. The third-order valence-electron chi connectivity index (χ3n) is 2.32. The van der Waals surface area contributed by atoms with Crippen molar-refractivity contribution in [1.29, 1.82) is 5.26 Å². The maximum absolute atomic E-state index is 11.3. The molecule has 0 spiro atoms. The van der Waals surface area contributed by atoms with E-state index in [1.165, 1.54) is 18.3 Å². The lowest BCUT2D eigenvalue weighted by molar-refractivity contribution is 0.602. The van der Waals surface area contributed by atoms with Crippen molar-refractivity contribution in [3.05, 3.63) is 36.0 Å². The molecule has 17 heavy (non-hydrogen) atoms. The summed E-state index contributed by atoms with van der Waals surface area (Å²) in [5, 5.41) is 15.4. The van der Waals surface area contributed by atoms with Crippen molar-refractivity contribution in [3.63, 3.8) is 0 Å². The molecule has 5 nitrogen and oxygen atoms in total. The van der Waals surface area contributed by atoms with Gasteiger partial charge in [-0.05, 0) is 12.1 Å². The molecule has 0 aliphatic carbocycles. The van der Waals surface area contributed by atoms with Gasteiger partial charge in [0.1, 0.15) is 11.8 Å². The smallest absolute Gasteiger partial charge is 0.175 e. The first-order chi connectivity index (χ1) is 8.02. The number of benzene rings is 1. The van der Waals surface area contributed by atoms with Crippen molar-refractivity contribution in [2.24, 2.45) is 0 Å². The molecule has 0 bridgehead atoms. The minimum atomic E-state index is -3.20. The van der Waals surface area contributed by atoms with Crippen LogP contribution in [0, 0.1) is 11.3 Å². The van der Waals surface area contributed by atoms with Gasteiger partial charge in [0, 0.05) is 18.0 Å². The summed E-state index contributed by atoms with van der Waals surface area (Å²) in [6, 6.07) is 8.27. The Morgan fingerprint density at radius 2 is 1.94 bits per heavy atom. The number of aromatic nitrogens is 2. The first-order valence-corrected chi connectivity index (χ1v) is 6.66. The number of hydrogen-bond acceptors (Lipinski definition) is 4. The van der Waals surface area contributed by atoms with Crippen molar-refractivity contribution in [3.8, 4) is 17.3 Å². The van der Waals surface area contributed by atoms with E-state index in [1.54, 1.807) is 12.1 Å². The molecule has 0 aliphatic heterocycles. The summed E-state index contributed by atoms with van der Waals surface area (Å²) in [6.45, 7) is 0. The number of sulfone groups is 1. The van der Waals surface area contributed by atoms with Gasteiger partial charge in [-0.15, -0.1) is 0 Å². The molecule has 0 saturated carbocycles. The molecule has 6 heteroatoms. The van der Waals surface area contributed by atoms with Crippen LogP contribution in [0.4, 0.5) is 0 Å². The average molecular weight is 247 g/mol. The highest BCUT2D eigenvalue weighted by atomic mass is 32.2. The van der Waals surface area contributed by atoms with Crippen LogP contribution in [-0.2, 0) is 9.84 Å². The van der Waals surface area contributed by atoms with Crippen LogP contribution in [0.3, 0.4) is 0 Å². The van der Waals surface area contributed by atoms with E-state index in [9.17, 15) is 8.42 Å². The average Bonchev–Trinajstić information content (AvgIpc) is 2.76. The Morgan fingerprint density at radius 3 is 2.47 bits per heavy atom. The van der Waals surface area contributed by atoms with Crippen LogP contribution in [0.5, 0.6) is 0 Å². The van der Waals surface area contributed by atoms with Crippen molar-refractivity contribution in [2.45, 2.75) is 4.90 Å². The standard InChI is InChI=1S/C11H9N3O2S/c1-17(15,16)10-4-2-8(3-5-10)11-9(6-12)7-13-14-11/h2-5,7H,1H3,(H,13,14). The van der Waals surface area contributed by atoms with Gasteiger partial charge in [0.15, 0.2) is 9.84 Å². The highest BCUT2D eigenvalue weighted by Gasteiger charge is 2.10. The molecular weight excluding hydrogens is 238 g/mol. The van der Waals surface area contributed by atoms with Gasteiger partial charge in [-0.25, -0.2) is 8.42 Å². The lowest BCUT2D eigenvalue weighted by atomic mass is 10.1. The number of nitrogens with zero attached hydrogens (tertiary/aromatic N) is 2. The fourth-order valence-corrected chi connectivity index (χ4v) is 2.09. The van der Waals surface area contributed by atoms with Gasteiger partial charge in [0.05, 0.1) is 10.5 Å². The number of aromatic amines is 1. The Bertz CT molecular complexity index is 678. The molecule has 86 valence electrons. The third-order valence-corrected chi connectivity index (χ3v) is 3.45. The van der Waals surface area contributed by atoms with Gasteiger partial charge < -0.3 is 0 Å². The molecule has 0 fully saturated rings. The van der Waals surface area contributed by atoms with E-state index in [0.717, 1.165) is 6.26 Å². The van der Waals surface area contributed by atoms with Gasteiger partial charge in [0.25, 0.3) is 0 Å². The molecule has 0 saturated heterocycles. The molecule has 0 radical (unpaired) electrons. The number of nitriles is 1. The molecule has 0 aliphatic rings. The van der Waals surface area contributed by atoms with E-state index < -0.39 is 9.84 Å². The maximum Gasteiger partial charge on any atom is 0.175 e. The van der Waals surface area contributed by atoms with Crippen LogP contribution in [0.25, 0.3) is 11.3 Å². The zero-order chi connectivity index (χ0) is 12.5. The normalized spacial score (nSPS) is 11.1. The minimum absolute atomic E-state index is 0.246. The maximum atomic E-state index is 11.3. The van der Waals surface area contributed by atoms with Crippen LogP contribution >= 0.6 is 0 Å². The van der Waals surface area contributed by atoms with Crippen LogP contribution in [-0.4, -0.2) is 24.9 Å². The molecule has 1 aromatic heterocycles. The van der Waals surface area contributed by atoms with E-state index in [0.29, 0.717) is 16.8 Å². The van der Waals surface area contributed by atoms with E-state index in [-0.39, 0.29) is 4.90 Å². The van der Waals surface area contributed by atoms with Gasteiger partial charge in [-0.1, -0.05) is 12.1 Å². The Balaban J connectivity index is 2.47. The van der Waals surface area contributed by atoms with Crippen molar-refractivity contribution in [1.82, 2.24) is 10.2 Å². The van der Waals surface area contributed by atoms with E-state index in [2.05, 4.69) is 10.2 Å². The minimum Gasteiger partial charge on any atom is -0.284 e. The zero-order valence-electron chi connectivity index (χ0n) is 9.01. The van der Waals surface area contributed by atoms with Crippen LogP contribution in [0.1, 0.15) is 5.56 Å². The molecule has 2 rings (SSSR count). The second-order valence-electron chi connectivity index (χ2n) is 3.56. The summed E-state index contributed by atoms with van der Waals surface area (Å²) in [6.07, 6.45) is 2.65. The molecule has 1 N–H and O–H groups in total. The number of rotatable bonds is 2. The Labute approximate surface area is 98.6 Å². The molecular formula is C11H9N3O2S. The van der Waals surface area contributed by atoms with Gasteiger partial charge in [-0.2, -0.15) is 10.4 Å². The van der Waals surface area contributed by atoms with Crippen molar-refractivity contribution in [2.75, 3.05) is 6.26 Å². The summed E-state index contributed by atoms with van der Waals surface area (Å²) < 4.78 is 22.6. The quantitative estimate of drug-likeness (QED) is 0.867. The fraction of sp³-hybridized carbons (Fsp3) is 0.0909. The summed E-state index contributed by atoms with van der Waals surface area (Å²) in [7, 11) is -3.20. The third kappa shape index (κ3) is 2.19. The number of nitrogens with one attached hydrogen (secondary N) is 1. The Hall–Kier alpha value is -2.13. The molecule has 0 amide bonds. The summed E-state index contributed by atoms with van der Waals surface area (Å²) in [5.74, 6) is 0. The zero-order valence-corrected chi connectivity index (χ0v) is 9.82. The van der Waals surface area contributed by atoms with Gasteiger partial charge >= 0.3 is 0 Å². The SMILES string of the molecule is CS(=O)(=O)c1ccc(-c2n[nH]cc2C#N)cc1. The Kier molecular flexibility index (Phi) is 2.69. The van der Waals surface area contributed by atoms with Gasteiger partial charge in [-0.3, -0.25) is 5.10 Å². The van der Waals surface area contributed by atoms with Crippen molar-refractivity contribution >= 4 is 9.84 Å². The first kappa shape index (κ1) is 11.4. The fourth-order valence-electron chi connectivity index (χ4n) is 1.46. The molecule has 0 unspecified atom stereocenters. The number of H-pyrrole nitrogens is 1. The van der Waals surface area contributed by atoms with Crippen LogP contribution in [0.2, 0.25) is 0 Å². The summed E-state index contributed by atoms with van der Waals surface area (Å²) in [4.78, 5) is 0.246. The monoisotopic (exact) mass is 247 g/mol. The second-order valence-corrected chi connectivity index (χ2v) is 5.57. The molecule has 2 aromatic rings. The lowest BCUT2D eigenvalue weighted by Crippen LogP contribution is -1.96. The van der Waals surface area contributed by atoms with E-state index in [4.69, 9.17) is 5.26 Å². The van der Waals surface area contributed by atoms with E-state index in [1.807, 2.05) is 6.07 Å². The summed E-state index contributed by atoms with van der Waals surface area (Å²) >= 11 is 0. The topological polar surface area (TPSA) is 86.6 Å². The Morgan fingerprint density at radius 1 is 1.29 bits per heavy atom. The predicted octanol–water partition coefficient (Wildman–Crippen LogP) is 1.35. The van der Waals surface area contributed by atoms with Gasteiger partial charge in [0.2, 0.25) is 0 Å². The largest absolute Gasteiger partial charge is 0.284 e. The number of hydrogen-bond donors (Lipinski definition) is 1.